The summed E-state index contributed by atoms with van der Waals surface area (Å²) in [6, 6.07) is 3.87. The van der Waals surface area contributed by atoms with Gasteiger partial charge in [0.25, 0.3) is 0 Å². The van der Waals surface area contributed by atoms with Crippen molar-refractivity contribution in [1.29, 1.82) is 5.26 Å². The first-order chi connectivity index (χ1) is 9.74. The summed E-state index contributed by atoms with van der Waals surface area (Å²) in [5.74, 6) is 2.30. The van der Waals surface area contributed by atoms with Crippen LogP contribution in [0, 0.1) is 23.2 Å². The van der Waals surface area contributed by atoms with Crippen molar-refractivity contribution in [3.63, 3.8) is 0 Å². The van der Waals surface area contributed by atoms with Crippen LogP contribution in [0.5, 0.6) is 0 Å². The minimum Gasteiger partial charge on any atom is -0.354 e. The number of hydrogen-bond acceptors (Lipinski definition) is 4. The molecule has 1 saturated carbocycles. The highest BCUT2D eigenvalue weighted by Gasteiger charge is 2.24. The normalized spacial score (nSPS) is 21.0. The van der Waals surface area contributed by atoms with Gasteiger partial charge in [-0.2, -0.15) is 5.26 Å². The molecule has 2 aromatic heterocycles. The average molecular weight is 267 g/mol. The SMILES string of the molecule is CC1CC(CNc2ncc(-n3ccc(C#N)c3)cn2)C1. The molecule has 0 spiro atoms. The average Bonchev–Trinajstić information content (AvgIpc) is 2.92. The van der Waals surface area contributed by atoms with Gasteiger partial charge in [0.1, 0.15) is 6.07 Å². The van der Waals surface area contributed by atoms with E-state index in [1.807, 2.05) is 10.8 Å². The lowest BCUT2D eigenvalue weighted by Crippen LogP contribution is -2.28. The van der Waals surface area contributed by atoms with Gasteiger partial charge in [0.2, 0.25) is 5.95 Å². The maximum absolute atomic E-state index is 8.81. The zero-order valence-corrected chi connectivity index (χ0v) is 11.5. The lowest BCUT2D eigenvalue weighted by molar-refractivity contribution is 0.225. The maximum atomic E-state index is 8.81. The Kier molecular flexibility index (Phi) is 3.38. The second kappa shape index (κ2) is 5.33. The molecule has 5 nitrogen and oxygen atoms in total. The van der Waals surface area contributed by atoms with Crippen LogP contribution in [0.1, 0.15) is 25.3 Å². The quantitative estimate of drug-likeness (QED) is 0.924. The number of nitrogens with zero attached hydrogens (tertiary/aromatic N) is 4. The molecule has 1 N–H and O–H groups in total. The van der Waals surface area contributed by atoms with Crippen molar-refractivity contribution in [2.45, 2.75) is 19.8 Å². The second-order valence-electron chi connectivity index (χ2n) is 5.51. The summed E-state index contributed by atoms with van der Waals surface area (Å²) in [5, 5.41) is 12.1. The number of rotatable bonds is 4. The van der Waals surface area contributed by atoms with Gasteiger partial charge in [-0.15, -0.1) is 0 Å². The molecule has 1 aliphatic carbocycles. The van der Waals surface area contributed by atoms with Crippen LogP contribution in [0.2, 0.25) is 0 Å². The predicted molar refractivity (Wildman–Crippen MR) is 76.5 cm³/mol. The topological polar surface area (TPSA) is 66.5 Å². The fraction of sp³-hybridized carbons (Fsp3) is 0.400. The summed E-state index contributed by atoms with van der Waals surface area (Å²) < 4.78 is 1.84. The predicted octanol–water partition coefficient (Wildman–Crippen LogP) is 2.60. The Hall–Kier alpha value is -2.35. The highest BCUT2D eigenvalue weighted by molar-refractivity contribution is 5.36. The smallest absolute Gasteiger partial charge is 0.222 e. The van der Waals surface area contributed by atoms with Crippen LogP contribution in [-0.2, 0) is 0 Å². The van der Waals surface area contributed by atoms with E-state index in [9.17, 15) is 0 Å². The molecule has 0 unspecified atom stereocenters. The van der Waals surface area contributed by atoms with Gasteiger partial charge >= 0.3 is 0 Å². The Labute approximate surface area is 118 Å². The van der Waals surface area contributed by atoms with Crippen molar-refractivity contribution < 1.29 is 0 Å². The monoisotopic (exact) mass is 267 g/mol. The number of nitrogens with one attached hydrogen (secondary N) is 1. The number of hydrogen-bond donors (Lipinski definition) is 1. The van der Waals surface area contributed by atoms with Gasteiger partial charge < -0.3 is 9.88 Å². The van der Waals surface area contributed by atoms with Crippen molar-refractivity contribution in [2.75, 3.05) is 11.9 Å². The standard InChI is InChI=1S/C15H17N5/c1-11-4-13(5-11)7-17-15-18-8-14(9-19-15)20-3-2-12(6-16)10-20/h2-3,8-11,13H,4-5,7H2,1H3,(H,17,18,19). The fourth-order valence-electron chi connectivity index (χ4n) is 2.64. The van der Waals surface area contributed by atoms with Crippen molar-refractivity contribution in [1.82, 2.24) is 14.5 Å². The largest absolute Gasteiger partial charge is 0.354 e. The molecule has 0 saturated heterocycles. The van der Waals surface area contributed by atoms with Crippen molar-refractivity contribution in [2.24, 2.45) is 11.8 Å². The summed E-state index contributed by atoms with van der Waals surface area (Å²) in [6.45, 7) is 3.24. The third kappa shape index (κ3) is 2.64. The van der Waals surface area contributed by atoms with E-state index in [0.717, 1.165) is 24.1 Å². The van der Waals surface area contributed by atoms with Gasteiger partial charge in [0.05, 0.1) is 23.6 Å². The van der Waals surface area contributed by atoms with E-state index in [1.54, 1.807) is 24.7 Å². The first-order valence-corrected chi connectivity index (χ1v) is 6.89. The molecule has 0 amide bonds. The van der Waals surface area contributed by atoms with E-state index < -0.39 is 0 Å². The van der Waals surface area contributed by atoms with Crippen LogP contribution < -0.4 is 5.32 Å². The Bertz CT molecular complexity index is 616. The van der Waals surface area contributed by atoms with E-state index >= 15 is 0 Å². The molecule has 2 heterocycles. The van der Waals surface area contributed by atoms with E-state index in [-0.39, 0.29) is 0 Å². The Morgan fingerprint density at radius 3 is 2.75 bits per heavy atom. The molecule has 3 rings (SSSR count). The van der Waals surface area contributed by atoms with Gasteiger partial charge in [-0.05, 0) is 30.7 Å². The molecule has 0 bridgehead atoms. The first kappa shape index (κ1) is 12.7. The van der Waals surface area contributed by atoms with Gasteiger partial charge in [-0.1, -0.05) is 6.92 Å². The van der Waals surface area contributed by atoms with Gasteiger partial charge in [-0.25, -0.2) is 9.97 Å². The Morgan fingerprint density at radius 2 is 2.15 bits per heavy atom. The fourth-order valence-corrected chi connectivity index (χ4v) is 2.64. The van der Waals surface area contributed by atoms with Crippen LogP contribution in [-0.4, -0.2) is 21.1 Å². The number of nitriles is 1. The minimum absolute atomic E-state index is 0.631. The lowest BCUT2D eigenvalue weighted by Gasteiger charge is -2.32. The molecule has 20 heavy (non-hydrogen) atoms. The number of anilines is 1. The van der Waals surface area contributed by atoms with E-state index in [2.05, 4.69) is 28.3 Å². The third-order valence-corrected chi connectivity index (χ3v) is 3.78. The summed E-state index contributed by atoms with van der Waals surface area (Å²) in [6.07, 6.45) is 9.72. The Balaban J connectivity index is 1.61. The molecular formula is C15H17N5. The summed E-state index contributed by atoms with van der Waals surface area (Å²) in [5.41, 5.74) is 1.49. The molecular weight excluding hydrogens is 250 g/mol. The molecule has 0 radical (unpaired) electrons. The molecule has 0 atom stereocenters. The molecule has 0 aromatic carbocycles. The molecule has 0 aliphatic heterocycles. The number of aromatic nitrogens is 3. The summed E-state index contributed by atoms with van der Waals surface area (Å²) in [7, 11) is 0. The highest BCUT2D eigenvalue weighted by Crippen LogP contribution is 2.32. The van der Waals surface area contributed by atoms with Crippen LogP contribution >= 0.6 is 0 Å². The van der Waals surface area contributed by atoms with E-state index in [1.165, 1.54) is 12.8 Å². The second-order valence-corrected chi connectivity index (χ2v) is 5.51. The van der Waals surface area contributed by atoms with Crippen LogP contribution in [0.15, 0.2) is 30.9 Å². The molecule has 1 fully saturated rings. The van der Waals surface area contributed by atoms with E-state index in [0.29, 0.717) is 11.5 Å². The molecule has 102 valence electrons. The Morgan fingerprint density at radius 1 is 1.40 bits per heavy atom. The van der Waals surface area contributed by atoms with Crippen molar-refractivity contribution in [3.8, 4) is 11.8 Å². The molecule has 1 aliphatic rings. The van der Waals surface area contributed by atoms with Crippen LogP contribution in [0.4, 0.5) is 5.95 Å². The summed E-state index contributed by atoms with van der Waals surface area (Å²) >= 11 is 0. The lowest BCUT2D eigenvalue weighted by atomic mass is 9.76. The third-order valence-electron chi connectivity index (χ3n) is 3.78. The molecule has 5 heteroatoms. The summed E-state index contributed by atoms with van der Waals surface area (Å²) in [4.78, 5) is 8.63. The highest BCUT2D eigenvalue weighted by atomic mass is 15.1. The van der Waals surface area contributed by atoms with Gasteiger partial charge in [0.15, 0.2) is 0 Å². The van der Waals surface area contributed by atoms with Gasteiger partial charge in [0, 0.05) is 18.9 Å². The molecule has 2 aromatic rings. The first-order valence-electron chi connectivity index (χ1n) is 6.89. The van der Waals surface area contributed by atoms with Crippen molar-refractivity contribution >= 4 is 5.95 Å². The van der Waals surface area contributed by atoms with E-state index in [4.69, 9.17) is 5.26 Å². The zero-order valence-electron chi connectivity index (χ0n) is 11.5. The van der Waals surface area contributed by atoms with Crippen LogP contribution in [0.3, 0.4) is 0 Å². The maximum Gasteiger partial charge on any atom is 0.222 e. The van der Waals surface area contributed by atoms with Crippen molar-refractivity contribution in [3.05, 3.63) is 36.4 Å². The zero-order chi connectivity index (χ0) is 13.9. The van der Waals surface area contributed by atoms with Gasteiger partial charge in [-0.3, -0.25) is 0 Å². The van der Waals surface area contributed by atoms with Crippen LogP contribution in [0.25, 0.3) is 5.69 Å². The minimum atomic E-state index is 0.631.